The van der Waals surface area contributed by atoms with Gasteiger partial charge in [-0.3, -0.25) is 9.59 Å². The van der Waals surface area contributed by atoms with Crippen LogP contribution >= 0.6 is 23.5 Å². The number of rotatable bonds is 5. The summed E-state index contributed by atoms with van der Waals surface area (Å²) in [5.74, 6) is 1.14. The molecule has 3 rings (SSSR count). The van der Waals surface area contributed by atoms with E-state index in [9.17, 15) is 9.59 Å². The number of thioether (sulfide) groups is 2. The van der Waals surface area contributed by atoms with Crippen LogP contribution in [-0.4, -0.2) is 27.5 Å². The summed E-state index contributed by atoms with van der Waals surface area (Å²) in [6, 6.07) is 8.04. The fraction of sp³-hybridized carbons (Fsp3) is 0.389. The standard InChI is InChI=1S/C18H21N3O2S2/c1-4-9-25-18-20-17(23)15-13(10-14(22)19-16(15)21(18)2)11-5-7-12(24-3)8-6-11/h5-8,13H,4,9-10H2,1-3H3,(H,19,22)/t13-/m1/s1. The predicted octanol–water partition coefficient (Wildman–Crippen LogP) is 3.48. The molecule has 0 bridgehead atoms. The first-order chi connectivity index (χ1) is 12.0. The lowest BCUT2D eigenvalue weighted by Gasteiger charge is -2.27. The summed E-state index contributed by atoms with van der Waals surface area (Å²) < 4.78 is 1.83. The molecule has 2 aromatic rings. The van der Waals surface area contributed by atoms with Crippen LogP contribution in [0.15, 0.2) is 39.1 Å². The van der Waals surface area contributed by atoms with E-state index < -0.39 is 0 Å². The van der Waals surface area contributed by atoms with Gasteiger partial charge in [-0.25, -0.2) is 0 Å². The fourth-order valence-corrected chi connectivity index (χ4v) is 4.21. The minimum absolute atomic E-state index is 0.0703. The quantitative estimate of drug-likeness (QED) is 0.640. The van der Waals surface area contributed by atoms with Gasteiger partial charge in [0.25, 0.3) is 5.56 Å². The Morgan fingerprint density at radius 2 is 2.00 bits per heavy atom. The van der Waals surface area contributed by atoms with Crippen LogP contribution in [0.5, 0.6) is 0 Å². The van der Waals surface area contributed by atoms with Crippen molar-refractivity contribution < 1.29 is 4.79 Å². The lowest BCUT2D eigenvalue weighted by atomic mass is 9.87. The lowest BCUT2D eigenvalue weighted by Crippen LogP contribution is -2.33. The Hall–Kier alpha value is -1.73. The number of carbonyl (C=O) groups excluding carboxylic acids is 1. The van der Waals surface area contributed by atoms with Crippen LogP contribution in [0.2, 0.25) is 0 Å². The Bertz CT molecular complexity index is 847. The summed E-state index contributed by atoms with van der Waals surface area (Å²) in [5.41, 5.74) is 1.31. The van der Waals surface area contributed by atoms with E-state index >= 15 is 0 Å². The van der Waals surface area contributed by atoms with E-state index in [2.05, 4.69) is 17.2 Å². The van der Waals surface area contributed by atoms with Gasteiger partial charge >= 0.3 is 0 Å². The molecule has 1 amide bonds. The molecule has 0 spiro atoms. The topological polar surface area (TPSA) is 64.0 Å². The zero-order valence-corrected chi connectivity index (χ0v) is 16.2. The molecular weight excluding hydrogens is 354 g/mol. The number of carbonyl (C=O) groups is 1. The Morgan fingerprint density at radius 1 is 1.28 bits per heavy atom. The predicted molar refractivity (Wildman–Crippen MR) is 104 cm³/mol. The average molecular weight is 376 g/mol. The highest BCUT2D eigenvalue weighted by Crippen LogP contribution is 2.36. The van der Waals surface area contributed by atoms with Gasteiger partial charge in [-0.15, -0.1) is 11.8 Å². The fourth-order valence-electron chi connectivity index (χ4n) is 2.98. The second-order valence-electron chi connectivity index (χ2n) is 5.95. The minimum atomic E-state index is -0.254. The number of hydrogen-bond acceptors (Lipinski definition) is 5. The molecule has 1 aromatic carbocycles. The van der Waals surface area contributed by atoms with Crippen molar-refractivity contribution in [3.8, 4) is 0 Å². The van der Waals surface area contributed by atoms with E-state index in [0.717, 1.165) is 22.6 Å². The number of anilines is 1. The van der Waals surface area contributed by atoms with Crippen LogP contribution in [0.4, 0.5) is 5.82 Å². The zero-order valence-electron chi connectivity index (χ0n) is 14.5. The molecule has 0 aliphatic carbocycles. The molecule has 1 N–H and O–H groups in total. The third-order valence-corrected chi connectivity index (χ3v) is 6.23. The molecule has 0 unspecified atom stereocenters. The van der Waals surface area contributed by atoms with Crippen molar-refractivity contribution in [1.82, 2.24) is 9.55 Å². The maximum atomic E-state index is 12.7. The normalized spacial score (nSPS) is 16.4. The van der Waals surface area contributed by atoms with Crippen molar-refractivity contribution in [2.75, 3.05) is 17.3 Å². The zero-order chi connectivity index (χ0) is 18.0. The maximum absolute atomic E-state index is 12.7. The highest BCUT2D eigenvalue weighted by Gasteiger charge is 2.32. The molecule has 5 nitrogen and oxygen atoms in total. The van der Waals surface area contributed by atoms with E-state index in [4.69, 9.17) is 0 Å². The number of nitrogens with zero attached hydrogens (tertiary/aromatic N) is 2. The van der Waals surface area contributed by atoms with Crippen molar-refractivity contribution in [3.05, 3.63) is 45.7 Å². The van der Waals surface area contributed by atoms with Crippen molar-refractivity contribution in [3.63, 3.8) is 0 Å². The molecule has 0 fully saturated rings. The monoisotopic (exact) mass is 375 g/mol. The van der Waals surface area contributed by atoms with Crippen LogP contribution in [0.3, 0.4) is 0 Å². The summed E-state index contributed by atoms with van der Waals surface area (Å²) in [6.07, 6.45) is 3.28. The van der Waals surface area contributed by atoms with Gasteiger partial charge in [-0.05, 0) is 30.4 Å². The van der Waals surface area contributed by atoms with E-state index in [-0.39, 0.29) is 23.8 Å². The first-order valence-electron chi connectivity index (χ1n) is 8.22. The number of fused-ring (bicyclic) bond motifs is 1. The van der Waals surface area contributed by atoms with E-state index in [1.54, 1.807) is 11.8 Å². The van der Waals surface area contributed by atoms with Crippen molar-refractivity contribution >= 4 is 35.2 Å². The third kappa shape index (κ3) is 3.62. The van der Waals surface area contributed by atoms with E-state index in [0.29, 0.717) is 16.5 Å². The number of hydrogen-bond donors (Lipinski definition) is 1. The number of nitrogens with one attached hydrogen (secondary N) is 1. The van der Waals surface area contributed by atoms with Gasteiger partial charge in [-0.2, -0.15) is 4.98 Å². The smallest absolute Gasteiger partial charge is 0.279 e. The maximum Gasteiger partial charge on any atom is 0.279 e. The summed E-state index contributed by atoms with van der Waals surface area (Å²) in [7, 11) is 1.85. The van der Waals surface area contributed by atoms with Crippen LogP contribution in [0, 0.1) is 0 Å². The van der Waals surface area contributed by atoms with Gasteiger partial charge in [0.2, 0.25) is 5.91 Å². The lowest BCUT2D eigenvalue weighted by molar-refractivity contribution is -0.116. The van der Waals surface area contributed by atoms with Gasteiger partial charge in [0.1, 0.15) is 5.82 Å². The molecule has 25 heavy (non-hydrogen) atoms. The highest BCUT2D eigenvalue weighted by atomic mass is 32.2. The Labute approximate surface area is 155 Å². The first kappa shape index (κ1) is 18.1. The largest absolute Gasteiger partial charge is 0.312 e. The number of amides is 1. The average Bonchev–Trinajstić information content (AvgIpc) is 2.62. The molecule has 1 aromatic heterocycles. The Kier molecular flexibility index (Phi) is 5.54. The SMILES string of the molecule is CCCSc1nc(=O)c2c(n1C)NC(=O)C[C@@H]2c1ccc(SC)cc1. The summed E-state index contributed by atoms with van der Waals surface area (Å²) in [6.45, 7) is 2.08. The molecule has 0 saturated carbocycles. The number of benzene rings is 1. The molecule has 2 heterocycles. The van der Waals surface area contributed by atoms with Gasteiger partial charge in [0, 0.05) is 30.0 Å². The second-order valence-corrected chi connectivity index (χ2v) is 7.89. The van der Waals surface area contributed by atoms with Gasteiger partial charge < -0.3 is 9.88 Å². The van der Waals surface area contributed by atoms with Gasteiger partial charge in [-0.1, -0.05) is 30.8 Å². The molecule has 1 aliphatic rings. The Balaban J connectivity index is 2.09. The summed E-state index contributed by atoms with van der Waals surface area (Å²) >= 11 is 3.20. The van der Waals surface area contributed by atoms with E-state index in [1.165, 1.54) is 11.8 Å². The van der Waals surface area contributed by atoms with Crippen molar-refractivity contribution in [2.24, 2.45) is 7.05 Å². The number of aromatic nitrogens is 2. The van der Waals surface area contributed by atoms with Gasteiger partial charge in [0.05, 0.1) is 5.56 Å². The molecule has 0 saturated heterocycles. The Morgan fingerprint density at radius 3 is 2.64 bits per heavy atom. The van der Waals surface area contributed by atoms with Gasteiger partial charge in [0.15, 0.2) is 5.16 Å². The van der Waals surface area contributed by atoms with Crippen LogP contribution in [-0.2, 0) is 11.8 Å². The molecule has 1 atom stereocenters. The van der Waals surface area contributed by atoms with Crippen LogP contribution in [0.1, 0.15) is 36.8 Å². The second kappa shape index (κ2) is 7.66. The molecule has 132 valence electrons. The summed E-state index contributed by atoms with van der Waals surface area (Å²) in [4.78, 5) is 30.4. The molecular formula is C18H21N3O2S2. The molecule has 1 aliphatic heterocycles. The minimum Gasteiger partial charge on any atom is -0.312 e. The molecule has 0 radical (unpaired) electrons. The molecule has 7 heteroatoms. The first-order valence-corrected chi connectivity index (χ1v) is 10.4. The van der Waals surface area contributed by atoms with Crippen molar-refractivity contribution in [1.29, 1.82) is 0 Å². The van der Waals surface area contributed by atoms with E-state index in [1.807, 2.05) is 42.1 Å². The van der Waals surface area contributed by atoms with Crippen LogP contribution in [0.25, 0.3) is 0 Å². The summed E-state index contributed by atoms with van der Waals surface area (Å²) in [5, 5.41) is 3.52. The van der Waals surface area contributed by atoms with Crippen LogP contribution < -0.4 is 10.9 Å². The third-order valence-electron chi connectivity index (χ3n) is 4.25. The van der Waals surface area contributed by atoms with Crippen molar-refractivity contribution in [2.45, 2.75) is 35.7 Å². The highest BCUT2D eigenvalue weighted by molar-refractivity contribution is 7.99.